The minimum Gasteiger partial charge on any atom is -0.340 e. The third-order valence-electron chi connectivity index (χ3n) is 2.59. The molecule has 0 aliphatic heterocycles. The molecule has 1 heterocycles. The third kappa shape index (κ3) is 3.93. The highest BCUT2D eigenvalue weighted by Gasteiger charge is 2.08. The molecule has 1 aromatic heterocycles. The zero-order chi connectivity index (χ0) is 14.5. The minimum absolute atomic E-state index is 0.223. The Bertz CT molecular complexity index is 598. The summed E-state index contributed by atoms with van der Waals surface area (Å²) in [5.74, 6) is 0.502. The summed E-state index contributed by atoms with van der Waals surface area (Å²) in [6.07, 6.45) is 1.51. The number of halogens is 1. The van der Waals surface area contributed by atoms with Crippen molar-refractivity contribution in [2.75, 3.05) is 10.6 Å². The number of hydrogen-bond donors (Lipinski definition) is 2. The van der Waals surface area contributed by atoms with E-state index in [1.807, 2.05) is 25.1 Å². The van der Waals surface area contributed by atoms with Gasteiger partial charge in [-0.2, -0.15) is 0 Å². The van der Waals surface area contributed by atoms with E-state index in [-0.39, 0.29) is 5.91 Å². The average molecular weight is 291 g/mol. The van der Waals surface area contributed by atoms with Crippen LogP contribution < -0.4 is 10.6 Å². The first-order valence-corrected chi connectivity index (χ1v) is 6.59. The van der Waals surface area contributed by atoms with Crippen LogP contribution in [0, 0.1) is 6.92 Å². The van der Waals surface area contributed by atoms with Gasteiger partial charge in [-0.25, -0.2) is 9.97 Å². The lowest BCUT2D eigenvalue weighted by Crippen LogP contribution is -2.20. The second-order valence-electron chi connectivity index (χ2n) is 4.35. The molecule has 5 nitrogen and oxygen atoms in total. The highest BCUT2D eigenvalue weighted by atomic mass is 35.5. The van der Waals surface area contributed by atoms with Crippen LogP contribution in [0.4, 0.5) is 17.2 Å². The molecule has 0 fully saturated rings. The molecule has 2 aromatic rings. The molecule has 0 bridgehead atoms. The van der Waals surface area contributed by atoms with Crippen molar-refractivity contribution in [1.29, 1.82) is 0 Å². The van der Waals surface area contributed by atoms with Crippen LogP contribution in [0.2, 0.25) is 0 Å². The van der Waals surface area contributed by atoms with E-state index >= 15 is 0 Å². The molecule has 1 aromatic carbocycles. The second kappa shape index (κ2) is 6.34. The number of anilines is 3. The second-order valence-corrected chi connectivity index (χ2v) is 5.01. The van der Waals surface area contributed by atoms with Gasteiger partial charge in [0.1, 0.15) is 17.5 Å². The van der Waals surface area contributed by atoms with Gasteiger partial charge in [0.15, 0.2) is 0 Å². The van der Waals surface area contributed by atoms with Gasteiger partial charge in [0.25, 0.3) is 0 Å². The molecule has 0 saturated carbocycles. The van der Waals surface area contributed by atoms with Crippen molar-refractivity contribution in [3.8, 4) is 0 Å². The smallest absolute Gasteiger partial charge is 0.242 e. The molecule has 0 spiro atoms. The number of rotatable bonds is 4. The SMILES string of the molecule is Cc1cc(Nc2ccc(NC(=O)C(C)Cl)cc2)ncn1. The zero-order valence-electron chi connectivity index (χ0n) is 11.2. The Kier molecular flexibility index (Phi) is 4.53. The molecule has 20 heavy (non-hydrogen) atoms. The third-order valence-corrected chi connectivity index (χ3v) is 2.79. The summed E-state index contributed by atoms with van der Waals surface area (Å²) in [6, 6.07) is 9.16. The normalized spacial score (nSPS) is 11.8. The number of aromatic nitrogens is 2. The Labute approximate surface area is 122 Å². The summed E-state index contributed by atoms with van der Waals surface area (Å²) in [7, 11) is 0. The van der Waals surface area contributed by atoms with Crippen LogP contribution in [0.5, 0.6) is 0 Å². The molecule has 1 unspecified atom stereocenters. The van der Waals surface area contributed by atoms with Crippen molar-refractivity contribution < 1.29 is 4.79 Å². The Balaban J connectivity index is 2.03. The number of nitrogens with one attached hydrogen (secondary N) is 2. The summed E-state index contributed by atoms with van der Waals surface area (Å²) >= 11 is 5.69. The number of hydrogen-bond acceptors (Lipinski definition) is 4. The topological polar surface area (TPSA) is 66.9 Å². The molecule has 2 rings (SSSR count). The summed E-state index contributed by atoms with van der Waals surface area (Å²) in [4.78, 5) is 19.6. The van der Waals surface area contributed by atoms with Crippen molar-refractivity contribution in [3.05, 3.63) is 42.4 Å². The van der Waals surface area contributed by atoms with Crippen molar-refractivity contribution in [2.24, 2.45) is 0 Å². The molecular weight excluding hydrogens is 276 g/mol. The van der Waals surface area contributed by atoms with Gasteiger partial charge < -0.3 is 10.6 Å². The van der Waals surface area contributed by atoms with Crippen molar-refractivity contribution in [2.45, 2.75) is 19.2 Å². The van der Waals surface area contributed by atoms with Crippen molar-refractivity contribution in [3.63, 3.8) is 0 Å². The van der Waals surface area contributed by atoms with E-state index in [1.54, 1.807) is 19.1 Å². The highest BCUT2D eigenvalue weighted by Crippen LogP contribution is 2.18. The zero-order valence-corrected chi connectivity index (χ0v) is 12.0. The van der Waals surface area contributed by atoms with Gasteiger partial charge in [0, 0.05) is 23.1 Å². The fraction of sp³-hybridized carbons (Fsp3) is 0.214. The average Bonchev–Trinajstić information content (AvgIpc) is 2.41. The van der Waals surface area contributed by atoms with E-state index < -0.39 is 5.38 Å². The Hall–Kier alpha value is -2.14. The van der Waals surface area contributed by atoms with Gasteiger partial charge >= 0.3 is 0 Å². The van der Waals surface area contributed by atoms with Gasteiger partial charge in [0.2, 0.25) is 5.91 Å². The van der Waals surface area contributed by atoms with Gasteiger partial charge in [-0.3, -0.25) is 4.79 Å². The van der Waals surface area contributed by atoms with Crippen LogP contribution in [-0.2, 0) is 4.79 Å². The maximum absolute atomic E-state index is 11.5. The fourth-order valence-electron chi connectivity index (χ4n) is 1.55. The lowest BCUT2D eigenvalue weighted by molar-refractivity contribution is -0.115. The standard InChI is InChI=1S/C14H15ClN4O/c1-9-7-13(17-8-16-9)18-11-3-5-12(6-4-11)19-14(20)10(2)15/h3-8,10H,1-2H3,(H,19,20)(H,16,17,18). The number of carbonyl (C=O) groups excluding carboxylic acids is 1. The number of aryl methyl sites for hydroxylation is 1. The molecule has 1 atom stereocenters. The van der Waals surface area contributed by atoms with Crippen LogP contribution >= 0.6 is 11.6 Å². The summed E-state index contributed by atoms with van der Waals surface area (Å²) in [6.45, 7) is 3.53. The first kappa shape index (κ1) is 14.3. The predicted octanol–water partition coefficient (Wildman–Crippen LogP) is 3.09. The van der Waals surface area contributed by atoms with Crippen LogP contribution in [0.25, 0.3) is 0 Å². The molecule has 0 aliphatic rings. The molecule has 6 heteroatoms. The lowest BCUT2D eigenvalue weighted by atomic mass is 10.2. The first-order valence-electron chi connectivity index (χ1n) is 6.15. The quantitative estimate of drug-likeness (QED) is 0.849. The van der Waals surface area contributed by atoms with E-state index in [1.165, 1.54) is 6.33 Å². The van der Waals surface area contributed by atoms with Crippen LogP contribution in [0.1, 0.15) is 12.6 Å². The minimum atomic E-state index is -0.559. The van der Waals surface area contributed by atoms with E-state index in [9.17, 15) is 4.79 Å². The predicted molar refractivity (Wildman–Crippen MR) is 80.4 cm³/mol. The van der Waals surface area contributed by atoms with E-state index in [4.69, 9.17) is 11.6 Å². The van der Waals surface area contributed by atoms with Crippen LogP contribution in [0.15, 0.2) is 36.7 Å². The number of carbonyl (C=O) groups is 1. The highest BCUT2D eigenvalue weighted by molar-refractivity contribution is 6.32. The molecule has 0 radical (unpaired) electrons. The molecular formula is C14H15ClN4O. The Morgan fingerprint density at radius 3 is 2.45 bits per heavy atom. The number of alkyl halides is 1. The summed E-state index contributed by atoms with van der Waals surface area (Å²) in [5, 5.41) is 5.32. The van der Waals surface area contributed by atoms with Crippen molar-refractivity contribution >= 4 is 34.7 Å². The van der Waals surface area contributed by atoms with E-state index in [0.717, 1.165) is 17.2 Å². The van der Waals surface area contributed by atoms with Gasteiger partial charge in [-0.1, -0.05) is 0 Å². The van der Waals surface area contributed by atoms with Crippen LogP contribution in [-0.4, -0.2) is 21.3 Å². The molecule has 2 N–H and O–H groups in total. The molecule has 1 amide bonds. The fourth-order valence-corrected chi connectivity index (χ4v) is 1.60. The number of amides is 1. The van der Waals surface area contributed by atoms with Gasteiger partial charge in [-0.05, 0) is 38.1 Å². The van der Waals surface area contributed by atoms with Gasteiger partial charge in [0.05, 0.1) is 0 Å². The van der Waals surface area contributed by atoms with Crippen molar-refractivity contribution in [1.82, 2.24) is 9.97 Å². The van der Waals surface area contributed by atoms with E-state index in [0.29, 0.717) is 5.69 Å². The van der Waals surface area contributed by atoms with E-state index in [2.05, 4.69) is 20.6 Å². The maximum Gasteiger partial charge on any atom is 0.242 e. The Morgan fingerprint density at radius 1 is 1.20 bits per heavy atom. The number of nitrogens with zero attached hydrogens (tertiary/aromatic N) is 2. The lowest BCUT2D eigenvalue weighted by Gasteiger charge is -2.09. The molecule has 0 saturated heterocycles. The van der Waals surface area contributed by atoms with Crippen LogP contribution in [0.3, 0.4) is 0 Å². The maximum atomic E-state index is 11.5. The molecule has 104 valence electrons. The number of benzene rings is 1. The first-order chi connectivity index (χ1) is 9.54. The summed E-state index contributed by atoms with van der Waals surface area (Å²) < 4.78 is 0. The summed E-state index contributed by atoms with van der Waals surface area (Å²) in [5.41, 5.74) is 2.47. The molecule has 0 aliphatic carbocycles. The Morgan fingerprint density at radius 2 is 1.85 bits per heavy atom. The largest absolute Gasteiger partial charge is 0.340 e. The van der Waals surface area contributed by atoms with Gasteiger partial charge in [-0.15, -0.1) is 11.6 Å². The monoisotopic (exact) mass is 290 g/mol.